The second kappa shape index (κ2) is 8.45. The summed E-state index contributed by atoms with van der Waals surface area (Å²) in [6.07, 6.45) is 4.58. The maximum atomic E-state index is 12.3. The Balaban J connectivity index is 1.55. The molecule has 6 nitrogen and oxygen atoms in total. The Bertz CT molecular complexity index is 982. The topological polar surface area (TPSA) is 77.0 Å². The first-order valence-electron chi connectivity index (χ1n) is 9.34. The lowest BCUT2D eigenvalue weighted by Gasteiger charge is -2.11. The van der Waals surface area contributed by atoms with Gasteiger partial charge in [-0.05, 0) is 44.0 Å². The number of nitrogens with one attached hydrogen (secondary N) is 1. The summed E-state index contributed by atoms with van der Waals surface area (Å²) >= 11 is 3.00. The van der Waals surface area contributed by atoms with Crippen LogP contribution in [0.5, 0.6) is 5.75 Å². The Labute approximate surface area is 172 Å². The van der Waals surface area contributed by atoms with Crippen LogP contribution in [0.2, 0.25) is 0 Å². The highest BCUT2D eigenvalue weighted by Gasteiger charge is 2.19. The zero-order chi connectivity index (χ0) is 19.5. The number of aryl methyl sites for hydroxylation is 1. The number of methoxy groups -OCH3 is 1. The number of benzene rings is 1. The van der Waals surface area contributed by atoms with E-state index in [2.05, 4.69) is 20.5 Å². The molecule has 28 heavy (non-hydrogen) atoms. The van der Waals surface area contributed by atoms with Crippen molar-refractivity contribution in [3.05, 3.63) is 29.3 Å². The summed E-state index contributed by atoms with van der Waals surface area (Å²) in [4.78, 5) is 16.9. The summed E-state index contributed by atoms with van der Waals surface area (Å²) in [6, 6.07) is 8.09. The van der Waals surface area contributed by atoms with E-state index in [-0.39, 0.29) is 5.91 Å². The molecule has 2 heterocycles. The maximum Gasteiger partial charge on any atom is 0.230 e. The standard InChI is InChI=1S/C20H22N4O2S2/c1-12-21-18-19(28-12)17(13-7-9-15(26-2)10-8-13)23-24-20(18)27-11-16(25)22-14-5-3-4-6-14/h7-10,14H,3-6,11H2,1-2H3,(H,22,25). The van der Waals surface area contributed by atoms with E-state index >= 15 is 0 Å². The molecule has 4 rings (SSSR count). The fourth-order valence-corrected chi connectivity index (χ4v) is 5.15. The van der Waals surface area contributed by atoms with Crippen LogP contribution in [0.3, 0.4) is 0 Å². The number of nitrogens with zero attached hydrogens (tertiary/aromatic N) is 3. The largest absolute Gasteiger partial charge is 0.497 e. The van der Waals surface area contributed by atoms with Gasteiger partial charge >= 0.3 is 0 Å². The molecule has 1 saturated carbocycles. The molecule has 0 spiro atoms. The molecule has 1 fully saturated rings. The minimum absolute atomic E-state index is 0.0537. The Morgan fingerprint density at radius 1 is 1.25 bits per heavy atom. The van der Waals surface area contributed by atoms with Crippen LogP contribution in [0.25, 0.3) is 21.5 Å². The van der Waals surface area contributed by atoms with Gasteiger partial charge in [-0.1, -0.05) is 24.6 Å². The van der Waals surface area contributed by atoms with E-state index in [1.165, 1.54) is 24.6 Å². The van der Waals surface area contributed by atoms with E-state index in [4.69, 9.17) is 4.74 Å². The van der Waals surface area contributed by atoms with Gasteiger partial charge in [-0.15, -0.1) is 21.5 Å². The zero-order valence-corrected chi connectivity index (χ0v) is 17.5. The van der Waals surface area contributed by atoms with Crippen molar-refractivity contribution in [2.75, 3.05) is 12.9 Å². The monoisotopic (exact) mass is 414 g/mol. The van der Waals surface area contributed by atoms with E-state index in [1.54, 1.807) is 18.4 Å². The number of amides is 1. The van der Waals surface area contributed by atoms with Gasteiger partial charge in [0.25, 0.3) is 0 Å². The summed E-state index contributed by atoms with van der Waals surface area (Å²) in [5, 5.41) is 13.6. The SMILES string of the molecule is COc1ccc(-c2nnc(SCC(=O)NC3CCCC3)c3nc(C)sc23)cc1. The van der Waals surface area contributed by atoms with Gasteiger partial charge < -0.3 is 10.1 Å². The van der Waals surface area contributed by atoms with Gasteiger partial charge in [0.1, 0.15) is 22.0 Å². The molecule has 8 heteroatoms. The summed E-state index contributed by atoms with van der Waals surface area (Å²) in [6.45, 7) is 1.98. The van der Waals surface area contributed by atoms with Crippen molar-refractivity contribution in [3.8, 4) is 17.0 Å². The highest BCUT2D eigenvalue weighted by atomic mass is 32.2. The molecule has 0 unspecified atom stereocenters. The molecule has 1 aliphatic rings. The van der Waals surface area contributed by atoms with Crippen LogP contribution in [-0.4, -0.2) is 40.0 Å². The van der Waals surface area contributed by atoms with Crippen molar-refractivity contribution in [2.24, 2.45) is 0 Å². The van der Waals surface area contributed by atoms with Gasteiger partial charge in [0.05, 0.1) is 22.6 Å². The van der Waals surface area contributed by atoms with Gasteiger partial charge in [-0.3, -0.25) is 4.79 Å². The van der Waals surface area contributed by atoms with E-state index < -0.39 is 0 Å². The molecule has 0 radical (unpaired) electrons. The summed E-state index contributed by atoms with van der Waals surface area (Å²) in [5.74, 6) is 1.19. The molecule has 0 aliphatic heterocycles. The first kappa shape index (κ1) is 19.1. The fourth-order valence-electron chi connectivity index (χ4n) is 3.43. The lowest BCUT2D eigenvalue weighted by atomic mass is 10.1. The van der Waals surface area contributed by atoms with Crippen molar-refractivity contribution in [3.63, 3.8) is 0 Å². The Hall–Kier alpha value is -2.19. The second-order valence-electron chi connectivity index (χ2n) is 6.83. The maximum absolute atomic E-state index is 12.3. The quantitative estimate of drug-likeness (QED) is 0.609. The number of ether oxygens (including phenoxy) is 1. The molecule has 0 saturated heterocycles. The number of carbonyl (C=O) groups is 1. The van der Waals surface area contributed by atoms with Crippen LogP contribution in [0.15, 0.2) is 29.3 Å². The lowest BCUT2D eigenvalue weighted by Crippen LogP contribution is -2.33. The van der Waals surface area contributed by atoms with Crippen LogP contribution < -0.4 is 10.1 Å². The van der Waals surface area contributed by atoms with Crippen LogP contribution in [0, 0.1) is 6.92 Å². The molecule has 0 atom stereocenters. The van der Waals surface area contributed by atoms with E-state index in [9.17, 15) is 4.79 Å². The zero-order valence-electron chi connectivity index (χ0n) is 15.9. The highest BCUT2D eigenvalue weighted by Crippen LogP contribution is 2.35. The molecule has 146 valence electrons. The predicted octanol–water partition coefficient (Wildman–Crippen LogP) is 4.22. The summed E-state index contributed by atoms with van der Waals surface area (Å²) in [7, 11) is 1.65. The minimum Gasteiger partial charge on any atom is -0.497 e. The van der Waals surface area contributed by atoms with Gasteiger partial charge in [-0.2, -0.15) is 0 Å². The number of hydrogen-bond acceptors (Lipinski definition) is 7. The van der Waals surface area contributed by atoms with E-state index in [0.717, 1.165) is 45.1 Å². The number of fused-ring (bicyclic) bond motifs is 1. The van der Waals surface area contributed by atoms with Gasteiger partial charge in [0, 0.05) is 11.6 Å². The number of thioether (sulfide) groups is 1. The first-order chi connectivity index (χ1) is 13.6. The Morgan fingerprint density at radius 3 is 2.71 bits per heavy atom. The molecule has 0 bridgehead atoms. The van der Waals surface area contributed by atoms with Crippen molar-refractivity contribution < 1.29 is 9.53 Å². The summed E-state index contributed by atoms with van der Waals surface area (Å²) < 4.78 is 6.23. The number of carbonyl (C=O) groups excluding carboxylic acids is 1. The molecular weight excluding hydrogens is 392 g/mol. The first-order valence-corrected chi connectivity index (χ1v) is 11.1. The summed E-state index contributed by atoms with van der Waals surface area (Å²) in [5.41, 5.74) is 2.60. The van der Waals surface area contributed by atoms with Crippen LogP contribution in [0.1, 0.15) is 30.7 Å². The average Bonchev–Trinajstić information content (AvgIpc) is 3.35. The normalized spacial score (nSPS) is 14.5. The van der Waals surface area contributed by atoms with Crippen LogP contribution in [0.4, 0.5) is 0 Å². The van der Waals surface area contributed by atoms with Gasteiger partial charge in [0.15, 0.2) is 0 Å². The fraction of sp³-hybridized carbons (Fsp3) is 0.400. The lowest BCUT2D eigenvalue weighted by molar-refractivity contribution is -0.119. The molecule has 1 N–H and O–H groups in total. The number of thiazole rings is 1. The van der Waals surface area contributed by atoms with Crippen LogP contribution >= 0.6 is 23.1 Å². The molecule has 3 aromatic rings. The predicted molar refractivity (Wildman–Crippen MR) is 113 cm³/mol. The van der Waals surface area contributed by atoms with E-state index in [1.807, 2.05) is 31.2 Å². The Kier molecular flexibility index (Phi) is 5.77. The molecule has 1 aliphatic carbocycles. The molecule has 1 amide bonds. The van der Waals surface area contributed by atoms with Crippen molar-refractivity contribution >= 4 is 39.2 Å². The van der Waals surface area contributed by atoms with Crippen molar-refractivity contribution in [1.29, 1.82) is 0 Å². The second-order valence-corrected chi connectivity index (χ2v) is 9.00. The number of hydrogen-bond donors (Lipinski definition) is 1. The molecular formula is C20H22N4O2S2. The van der Waals surface area contributed by atoms with Crippen molar-refractivity contribution in [1.82, 2.24) is 20.5 Å². The van der Waals surface area contributed by atoms with Crippen LogP contribution in [-0.2, 0) is 4.79 Å². The molecule has 1 aromatic carbocycles. The van der Waals surface area contributed by atoms with E-state index in [0.29, 0.717) is 16.8 Å². The molecule has 2 aromatic heterocycles. The third-order valence-electron chi connectivity index (χ3n) is 4.82. The minimum atomic E-state index is 0.0537. The average molecular weight is 415 g/mol. The Morgan fingerprint density at radius 2 is 2.00 bits per heavy atom. The number of aromatic nitrogens is 3. The number of rotatable bonds is 6. The van der Waals surface area contributed by atoms with Gasteiger partial charge in [0.2, 0.25) is 5.91 Å². The van der Waals surface area contributed by atoms with Gasteiger partial charge in [-0.25, -0.2) is 4.98 Å². The third-order valence-corrected chi connectivity index (χ3v) is 6.75. The van der Waals surface area contributed by atoms with Crippen molar-refractivity contribution in [2.45, 2.75) is 43.7 Å². The smallest absolute Gasteiger partial charge is 0.230 e. The third kappa shape index (κ3) is 4.12. The highest BCUT2D eigenvalue weighted by molar-refractivity contribution is 8.00.